The molecule has 0 spiro atoms. The number of hydrogen-bond acceptors (Lipinski definition) is 7. The van der Waals surface area contributed by atoms with E-state index < -0.39 is 0 Å². The van der Waals surface area contributed by atoms with E-state index in [2.05, 4.69) is 45.7 Å². The Morgan fingerprint density at radius 2 is 1.75 bits per heavy atom. The molecular weight excluding hydrogens is 274 g/mol. The van der Waals surface area contributed by atoms with Gasteiger partial charge in [0.15, 0.2) is 0 Å². The van der Waals surface area contributed by atoms with Gasteiger partial charge in [-0.15, -0.1) is 0 Å². The number of thioether (sulfide) groups is 1. The predicted molar refractivity (Wildman–Crippen MR) is 85.9 cm³/mol. The Labute approximate surface area is 125 Å². The normalized spacial score (nSPS) is 11.2. The van der Waals surface area contributed by atoms with Crippen molar-refractivity contribution in [3.63, 3.8) is 0 Å². The SMILES string of the molecule is CCCOc1nc(NCC)nc(NCC(C)(C)SC)n1. The first-order valence-corrected chi connectivity index (χ1v) is 8.15. The Morgan fingerprint density at radius 1 is 1.10 bits per heavy atom. The maximum Gasteiger partial charge on any atom is 0.323 e. The van der Waals surface area contributed by atoms with Crippen LogP contribution in [0.2, 0.25) is 0 Å². The van der Waals surface area contributed by atoms with E-state index in [-0.39, 0.29) is 4.75 Å². The number of ether oxygens (including phenoxy) is 1. The van der Waals surface area contributed by atoms with Crippen LogP contribution in [0.25, 0.3) is 0 Å². The Kier molecular flexibility index (Phi) is 6.84. The third-order valence-electron chi connectivity index (χ3n) is 2.61. The van der Waals surface area contributed by atoms with E-state index in [9.17, 15) is 0 Å². The summed E-state index contributed by atoms with van der Waals surface area (Å²) < 4.78 is 5.61. The Balaban J connectivity index is 2.79. The molecule has 0 saturated heterocycles. The van der Waals surface area contributed by atoms with Gasteiger partial charge in [-0.1, -0.05) is 6.92 Å². The highest BCUT2D eigenvalue weighted by atomic mass is 32.2. The molecule has 1 aromatic heterocycles. The fourth-order valence-electron chi connectivity index (χ4n) is 1.29. The van der Waals surface area contributed by atoms with Gasteiger partial charge in [0.2, 0.25) is 11.9 Å². The highest BCUT2D eigenvalue weighted by Gasteiger charge is 2.16. The van der Waals surface area contributed by atoms with E-state index in [0.717, 1.165) is 19.5 Å². The van der Waals surface area contributed by atoms with Crippen LogP contribution in [0.1, 0.15) is 34.1 Å². The van der Waals surface area contributed by atoms with E-state index in [1.54, 1.807) is 11.8 Å². The van der Waals surface area contributed by atoms with Crippen molar-refractivity contribution in [3.8, 4) is 6.01 Å². The fourth-order valence-corrected chi connectivity index (χ4v) is 1.51. The zero-order valence-electron chi connectivity index (χ0n) is 13.0. The molecule has 1 aromatic rings. The quantitative estimate of drug-likeness (QED) is 0.726. The fraction of sp³-hybridized carbons (Fsp3) is 0.769. The summed E-state index contributed by atoms with van der Waals surface area (Å²) >= 11 is 1.80. The average molecular weight is 299 g/mol. The second kappa shape index (κ2) is 8.14. The molecule has 0 unspecified atom stereocenters. The topological polar surface area (TPSA) is 72.0 Å². The van der Waals surface area contributed by atoms with Gasteiger partial charge in [-0.3, -0.25) is 0 Å². The molecule has 1 heterocycles. The summed E-state index contributed by atoms with van der Waals surface area (Å²) in [5.74, 6) is 1.09. The van der Waals surface area contributed by atoms with E-state index in [0.29, 0.717) is 24.5 Å². The van der Waals surface area contributed by atoms with Gasteiger partial charge in [0.25, 0.3) is 0 Å². The second-order valence-electron chi connectivity index (χ2n) is 4.96. The van der Waals surface area contributed by atoms with Crippen molar-refractivity contribution in [1.82, 2.24) is 15.0 Å². The van der Waals surface area contributed by atoms with Gasteiger partial charge in [0, 0.05) is 17.8 Å². The maximum atomic E-state index is 5.49. The van der Waals surface area contributed by atoms with Crippen LogP contribution in [-0.4, -0.2) is 45.7 Å². The van der Waals surface area contributed by atoms with Gasteiger partial charge in [-0.05, 0) is 33.4 Å². The van der Waals surface area contributed by atoms with Gasteiger partial charge in [0.05, 0.1) is 6.61 Å². The lowest BCUT2D eigenvalue weighted by Crippen LogP contribution is -2.27. The standard InChI is InChI=1S/C13H25N5OS/c1-6-8-19-12-17-10(14-7-2)16-11(18-12)15-9-13(3,4)20-5/h6-9H2,1-5H3,(H2,14,15,16,17,18). The van der Waals surface area contributed by atoms with Crippen LogP contribution in [0.15, 0.2) is 0 Å². The minimum atomic E-state index is 0.120. The summed E-state index contributed by atoms with van der Waals surface area (Å²) in [5, 5.41) is 6.34. The molecule has 1 rings (SSSR count). The minimum Gasteiger partial charge on any atom is -0.463 e. The summed E-state index contributed by atoms with van der Waals surface area (Å²) in [4.78, 5) is 12.8. The zero-order chi connectivity index (χ0) is 15.0. The molecule has 114 valence electrons. The van der Waals surface area contributed by atoms with Crippen molar-refractivity contribution in [2.45, 2.75) is 38.9 Å². The van der Waals surface area contributed by atoms with Gasteiger partial charge in [0.1, 0.15) is 0 Å². The van der Waals surface area contributed by atoms with Gasteiger partial charge in [-0.25, -0.2) is 0 Å². The van der Waals surface area contributed by atoms with Crippen LogP contribution in [0.4, 0.5) is 11.9 Å². The first kappa shape index (κ1) is 16.8. The van der Waals surface area contributed by atoms with Crippen LogP contribution in [-0.2, 0) is 0 Å². The van der Waals surface area contributed by atoms with Crippen molar-refractivity contribution >= 4 is 23.7 Å². The van der Waals surface area contributed by atoms with E-state index in [4.69, 9.17) is 4.74 Å². The first-order chi connectivity index (χ1) is 9.50. The molecule has 0 aliphatic heterocycles. The molecule has 2 N–H and O–H groups in total. The van der Waals surface area contributed by atoms with E-state index >= 15 is 0 Å². The van der Waals surface area contributed by atoms with Crippen LogP contribution < -0.4 is 15.4 Å². The Bertz CT molecular complexity index is 414. The number of nitrogens with one attached hydrogen (secondary N) is 2. The van der Waals surface area contributed by atoms with Crippen molar-refractivity contribution in [2.75, 3.05) is 36.6 Å². The van der Waals surface area contributed by atoms with Gasteiger partial charge in [-0.2, -0.15) is 26.7 Å². The Hall–Kier alpha value is -1.24. The van der Waals surface area contributed by atoms with Crippen LogP contribution in [0.3, 0.4) is 0 Å². The summed E-state index contributed by atoms with van der Waals surface area (Å²) in [6.45, 7) is 10.5. The van der Waals surface area contributed by atoms with Crippen LogP contribution in [0, 0.1) is 0 Å². The predicted octanol–water partition coefficient (Wildman–Crippen LogP) is 2.65. The molecule has 0 atom stereocenters. The largest absolute Gasteiger partial charge is 0.463 e. The second-order valence-corrected chi connectivity index (χ2v) is 6.47. The number of anilines is 2. The van der Waals surface area contributed by atoms with Crippen molar-refractivity contribution in [2.24, 2.45) is 0 Å². The Morgan fingerprint density at radius 3 is 2.30 bits per heavy atom. The molecule has 0 aliphatic carbocycles. The molecule has 0 aromatic carbocycles. The van der Waals surface area contributed by atoms with Crippen molar-refractivity contribution < 1.29 is 4.74 Å². The molecule has 6 nitrogen and oxygen atoms in total. The highest BCUT2D eigenvalue weighted by molar-refractivity contribution is 7.99. The van der Waals surface area contributed by atoms with E-state index in [1.165, 1.54) is 0 Å². The zero-order valence-corrected chi connectivity index (χ0v) is 13.8. The molecule has 0 radical (unpaired) electrons. The molecule has 0 aliphatic rings. The number of hydrogen-bond donors (Lipinski definition) is 2. The third-order valence-corrected chi connectivity index (χ3v) is 3.86. The summed E-state index contributed by atoms with van der Waals surface area (Å²) in [6.07, 6.45) is 3.01. The smallest absolute Gasteiger partial charge is 0.323 e. The number of nitrogens with zero attached hydrogens (tertiary/aromatic N) is 3. The third kappa shape index (κ3) is 5.81. The molecule has 20 heavy (non-hydrogen) atoms. The monoisotopic (exact) mass is 299 g/mol. The molecule has 0 amide bonds. The lowest BCUT2D eigenvalue weighted by Gasteiger charge is -2.22. The molecule has 0 fully saturated rings. The molecule has 0 bridgehead atoms. The van der Waals surface area contributed by atoms with Crippen LogP contribution in [0.5, 0.6) is 6.01 Å². The van der Waals surface area contributed by atoms with Crippen molar-refractivity contribution in [1.29, 1.82) is 0 Å². The molecule has 7 heteroatoms. The van der Waals surface area contributed by atoms with Crippen LogP contribution >= 0.6 is 11.8 Å². The van der Waals surface area contributed by atoms with E-state index in [1.807, 2.05) is 13.8 Å². The molecular formula is C13H25N5OS. The lowest BCUT2D eigenvalue weighted by molar-refractivity contribution is 0.292. The number of rotatable bonds is 9. The average Bonchev–Trinajstić information content (AvgIpc) is 2.43. The van der Waals surface area contributed by atoms with Crippen molar-refractivity contribution in [3.05, 3.63) is 0 Å². The first-order valence-electron chi connectivity index (χ1n) is 6.92. The summed E-state index contributed by atoms with van der Waals surface area (Å²) in [6, 6.07) is 0.363. The lowest BCUT2D eigenvalue weighted by atomic mass is 10.2. The summed E-state index contributed by atoms with van der Waals surface area (Å²) in [7, 11) is 0. The summed E-state index contributed by atoms with van der Waals surface area (Å²) in [5.41, 5.74) is 0. The minimum absolute atomic E-state index is 0.120. The highest BCUT2D eigenvalue weighted by Crippen LogP contribution is 2.21. The molecule has 0 saturated carbocycles. The maximum absolute atomic E-state index is 5.49. The number of aromatic nitrogens is 3. The van der Waals surface area contributed by atoms with Gasteiger partial charge < -0.3 is 15.4 Å². The van der Waals surface area contributed by atoms with Gasteiger partial charge >= 0.3 is 6.01 Å².